The molecule has 0 aliphatic carbocycles. The van der Waals surface area contributed by atoms with Crippen molar-refractivity contribution >= 4 is 42.7 Å². The molecule has 0 aliphatic heterocycles. The van der Waals surface area contributed by atoms with Crippen LogP contribution in [0.1, 0.15) is 0 Å². The molecular formula is C25H28ClF3N6O5Si. The molecule has 0 fully saturated rings. The Hall–Kier alpha value is -3.82. The van der Waals surface area contributed by atoms with Gasteiger partial charge in [0.05, 0.1) is 28.3 Å². The van der Waals surface area contributed by atoms with Crippen LogP contribution in [0.3, 0.4) is 0 Å². The maximum atomic E-state index is 15.1. The zero-order valence-corrected chi connectivity index (χ0v) is 24.4. The summed E-state index contributed by atoms with van der Waals surface area (Å²) in [6.07, 6.45) is -0.643. The maximum absolute atomic E-state index is 15.1. The number of ether oxygens (including phenoxy) is 2. The summed E-state index contributed by atoms with van der Waals surface area (Å²) in [6.45, 7) is 6.85. The van der Waals surface area contributed by atoms with E-state index in [1.54, 1.807) is 0 Å². The zero-order valence-electron chi connectivity index (χ0n) is 22.7. The van der Waals surface area contributed by atoms with Gasteiger partial charge in [-0.25, -0.2) is 32.3 Å². The number of aromatic nitrogens is 4. The van der Waals surface area contributed by atoms with Crippen molar-refractivity contribution in [2.75, 3.05) is 32.1 Å². The topological polar surface area (TPSA) is 125 Å². The number of halogens is 4. The molecule has 0 spiro atoms. The standard InChI is InChI=1S/C25H28ClF3N6O5Si/c1-30-24(36)39-8-7-31-23-32-20-19(29)18(28)12-15(21(20)34(23)13-38-9-10-41(2,3)4)22-33-40-25(37)35(22)14-5-6-17(27)16(26)11-14/h5-6,11-12H,7-10,13H2,1-4H3,(H,30,36)(H,31,32). The first kappa shape index (κ1) is 30.1. The van der Waals surface area contributed by atoms with E-state index in [1.165, 1.54) is 23.7 Å². The number of nitrogens with zero attached hydrogens (tertiary/aromatic N) is 4. The summed E-state index contributed by atoms with van der Waals surface area (Å²) < 4.78 is 62.0. The van der Waals surface area contributed by atoms with Gasteiger partial charge < -0.3 is 20.1 Å². The van der Waals surface area contributed by atoms with Gasteiger partial charge in [-0.15, -0.1) is 0 Å². The molecule has 41 heavy (non-hydrogen) atoms. The minimum atomic E-state index is -1.45. The SMILES string of the molecule is CNC(=O)OCCNc1nc2c(F)c(F)cc(-c3noc(=O)n3-c3ccc(F)c(Cl)c3)c2n1COCC[Si](C)(C)C. The monoisotopic (exact) mass is 612 g/mol. The van der Waals surface area contributed by atoms with Crippen LogP contribution in [0.2, 0.25) is 30.7 Å². The summed E-state index contributed by atoms with van der Waals surface area (Å²) in [7, 11) is -0.0333. The van der Waals surface area contributed by atoms with E-state index in [0.717, 1.165) is 22.7 Å². The lowest BCUT2D eigenvalue weighted by Crippen LogP contribution is -2.23. The van der Waals surface area contributed by atoms with Crippen molar-refractivity contribution in [1.82, 2.24) is 24.6 Å². The van der Waals surface area contributed by atoms with Crippen LogP contribution in [0.5, 0.6) is 0 Å². The Morgan fingerprint density at radius 3 is 2.59 bits per heavy atom. The van der Waals surface area contributed by atoms with Crippen LogP contribution in [-0.4, -0.2) is 60.2 Å². The molecule has 2 aromatic carbocycles. The minimum absolute atomic E-state index is 0.0434. The first-order valence-corrected chi connectivity index (χ1v) is 16.6. The number of imidazole rings is 1. The number of benzene rings is 2. The van der Waals surface area contributed by atoms with E-state index in [9.17, 15) is 18.4 Å². The molecule has 0 saturated heterocycles. The average molecular weight is 613 g/mol. The van der Waals surface area contributed by atoms with E-state index < -0.39 is 37.4 Å². The predicted molar refractivity (Wildman–Crippen MR) is 149 cm³/mol. The fourth-order valence-electron chi connectivity index (χ4n) is 3.87. The summed E-state index contributed by atoms with van der Waals surface area (Å²) >= 11 is 5.92. The number of fused-ring (bicyclic) bond motifs is 1. The molecule has 2 heterocycles. The Morgan fingerprint density at radius 2 is 1.90 bits per heavy atom. The number of hydrogen-bond acceptors (Lipinski definition) is 8. The molecular weight excluding hydrogens is 585 g/mol. The van der Waals surface area contributed by atoms with Crippen LogP contribution in [0, 0.1) is 17.5 Å². The van der Waals surface area contributed by atoms with Crippen LogP contribution in [0.25, 0.3) is 28.1 Å². The minimum Gasteiger partial charge on any atom is -0.448 e. The molecule has 0 unspecified atom stereocenters. The van der Waals surface area contributed by atoms with Crippen molar-refractivity contribution in [3.05, 3.63) is 57.3 Å². The Balaban J connectivity index is 1.84. The Labute approximate surface area is 238 Å². The number of nitrogens with one attached hydrogen (secondary N) is 2. The quantitative estimate of drug-likeness (QED) is 0.179. The number of rotatable bonds is 11. The third-order valence-corrected chi connectivity index (χ3v) is 7.95. The molecule has 1 amide bonds. The molecule has 2 N–H and O–H groups in total. The number of carbonyl (C=O) groups excluding carboxylic acids is 1. The molecule has 220 valence electrons. The van der Waals surface area contributed by atoms with Gasteiger partial charge in [0.25, 0.3) is 0 Å². The second kappa shape index (κ2) is 12.4. The van der Waals surface area contributed by atoms with Crippen molar-refractivity contribution < 1.29 is 32.0 Å². The van der Waals surface area contributed by atoms with E-state index in [0.29, 0.717) is 6.61 Å². The lowest BCUT2D eigenvalue weighted by molar-refractivity contribution is 0.0911. The number of hydrogen-bond donors (Lipinski definition) is 2. The first-order valence-electron chi connectivity index (χ1n) is 12.5. The Kier molecular flexibility index (Phi) is 9.09. The fraction of sp³-hybridized carbons (Fsp3) is 0.360. The highest BCUT2D eigenvalue weighted by Crippen LogP contribution is 2.34. The largest absolute Gasteiger partial charge is 0.448 e. The van der Waals surface area contributed by atoms with Crippen molar-refractivity contribution in [1.29, 1.82) is 0 Å². The summed E-state index contributed by atoms with van der Waals surface area (Å²) in [5, 5.41) is 8.80. The van der Waals surface area contributed by atoms with Crippen LogP contribution < -0.4 is 16.4 Å². The van der Waals surface area contributed by atoms with Gasteiger partial charge in [-0.3, -0.25) is 9.09 Å². The fourth-order valence-corrected chi connectivity index (χ4v) is 4.80. The molecule has 0 bridgehead atoms. The lowest BCUT2D eigenvalue weighted by atomic mass is 10.1. The van der Waals surface area contributed by atoms with Gasteiger partial charge in [-0.2, -0.15) is 0 Å². The molecule has 0 atom stereocenters. The van der Waals surface area contributed by atoms with Gasteiger partial charge in [0, 0.05) is 21.7 Å². The third kappa shape index (κ3) is 6.74. The molecule has 0 radical (unpaired) electrons. The number of carbonyl (C=O) groups is 1. The molecule has 11 nitrogen and oxygen atoms in total. The van der Waals surface area contributed by atoms with E-state index in [1.807, 2.05) is 0 Å². The first-order chi connectivity index (χ1) is 19.4. The highest BCUT2D eigenvalue weighted by molar-refractivity contribution is 6.76. The number of anilines is 1. The van der Waals surface area contributed by atoms with Gasteiger partial charge in [-0.1, -0.05) is 36.4 Å². The predicted octanol–water partition coefficient (Wildman–Crippen LogP) is 4.99. The number of amides is 1. The normalized spacial score (nSPS) is 11.7. The summed E-state index contributed by atoms with van der Waals surface area (Å²) in [5.74, 6) is -4.31. The molecule has 16 heteroatoms. The van der Waals surface area contributed by atoms with E-state index in [4.69, 9.17) is 25.6 Å². The Morgan fingerprint density at radius 1 is 1.15 bits per heavy atom. The summed E-state index contributed by atoms with van der Waals surface area (Å²) in [6, 6.07) is 5.17. The summed E-state index contributed by atoms with van der Waals surface area (Å²) in [5.41, 5.74) is -0.302. The van der Waals surface area contributed by atoms with Crippen LogP contribution in [-0.2, 0) is 16.2 Å². The van der Waals surface area contributed by atoms with Crippen LogP contribution in [0.15, 0.2) is 33.6 Å². The third-order valence-electron chi connectivity index (χ3n) is 5.96. The van der Waals surface area contributed by atoms with Crippen molar-refractivity contribution in [3.63, 3.8) is 0 Å². The van der Waals surface area contributed by atoms with Crippen molar-refractivity contribution in [3.8, 4) is 17.1 Å². The van der Waals surface area contributed by atoms with Crippen molar-refractivity contribution in [2.24, 2.45) is 0 Å². The maximum Gasteiger partial charge on any atom is 0.446 e. The molecule has 4 rings (SSSR count). The molecule has 0 aliphatic rings. The van der Waals surface area contributed by atoms with Crippen LogP contribution >= 0.6 is 11.6 Å². The van der Waals surface area contributed by atoms with E-state index >= 15 is 4.39 Å². The van der Waals surface area contributed by atoms with Gasteiger partial charge in [-0.05, 0) is 30.3 Å². The number of alkyl carbamates (subject to hydrolysis) is 1. The highest BCUT2D eigenvalue weighted by atomic mass is 35.5. The lowest BCUT2D eigenvalue weighted by Gasteiger charge is -2.17. The zero-order chi connectivity index (χ0) is 29.9. The Bertz CT molecular complexity index is 1630. The average Bonchev–Trinajstić information content (AvgIpc) is 3.48. The van der Waals surface area contributed by atoms with Gasteiger partial charge >= 0.3 is 11.8 Å². The molecule has 0 saturated carbocycles. The van der Waals surface area contributed by atoms with Crippen molar-refractivity contribution in [2.45, 2.75) is 32.4 Å². The second-order valence-corrected chi connectivity index (χ2v) is 16.2. The molecule has 4 aromatic rings. The highest BCUT2D eigenvalue weighted by Gasteiger charge is 2.27. The van der Waals surface area contributed by atoms with E-state index in [-0.39, 0.29) is 59.0 Å². The van der Waals surface area contributed by atoms with E-state index in [2.05, 4.69) is 40.4 Å². The van der Waals surface area contributed by atoms with Gasteiger partial charge in [0.15, 0.2) is 17.5 Å². The molecule has 2 aromatic heterocycles. The van der Waals surface area contributed by atoms with Crippen LogP contribution in [0.4, 0.5) is 23.9 Å². The smallest absolute Gasteiger partial charge is 0.446 e. The summed E-state index contributed by atoms with van der Waals surface area (Å²) in [4.78, 5) is 28.3. The van der Waals surface area contributed by atoms with Gasteiger partial charge in [0.2, 0.25) is 5.95 Å². The van der Waals surface area contributed by atoms with Gasteiger partial charge in [0.1, 0.15) is 24.7 Å². The second-order valence-electron chi connectivity index (χ2n) is 10.1.